The Bertz CT molecular complexity index is 1840. The molecule has 4 atom stereocenters. The number of methoxy groups -OCH3 is 1. The van der Waals surface area contributed by atoms with Gasteiger partial charge in [-0.3, -0.25) is 14.6 Å². The number of hydrogen-bond acceptors (Lipinski definition) is 4. The van der Waals surface area contributed by atoms with E-state index in [1.807, 2.05) is 60.7 Å². The lowest BCUT2D eigenvalue weighted by atomic mass is 9.42. The number of pyridine rings is 1. The lowest BCUT2D eigenvalue weighted by Gasteiger charge is -2.60. The molecule has 8 rings (SSSR count). The second kappa shape index (κ2) is 11.7. The molecule has 6 nitrogen and oxygen atoms in total. The van der Waals surface area contributed by atoms with Crippen molar-refractivity contribution >= 4 is 17.9 Å². The number of carbonyl (C=O) groups is 2. The molecule has 2 bridgehead atoms. The van der Waals surface area contributed by atoms with E-state index >= 15 is 0 Å². The summed E-state index contributed by atoms with van der Waals surface area (Å²) >= 11 is 0. The molecule has 1 aromatic heterocycles. The zero-order valence-electron chi connectivity index (χ0n) is 25.8. The first-order valence-electron chi connectivity index (χ1n) is 15.7. The summed E-state index contributed by atoms with van der Waals surface area (Å²) in [6.07, 6.45) is 3.42. The smallest absolute Gasteiger partial charge is 0.416 e. The fourth-order valence-electron chi connectivity index (χ4n) is 8.52. The van der Waals surface area contributed by atoms with Crippen molar-refractivity contribution in [3.8, 4) is 5.75 Å². The van der Waals surface area contributed by atoms with Crippen LogP contribution in [0.3, 0.4) is 0 Å². The minimum absolute atomic E-state index is 0.154. The van der Waals surface area contributed by atoms with Gasteiger partial charge in [0.1, 0.15) is 5.75 Å². The van der Waals surface area contributed by atoms with E-state index in [1.165, 1.54) is 6.08 Å². The van der Waals surface area contributed by atoms with E-state index in [2.05, 4.69) is 10.3 Å². The standard InChI is InChI=1S/C38H34F3N3O3/c1-47-32-9-5-2-6-26(32)10-15-34(45)44-23-33-36(27-11-13-28(14-12-27)38(39,40)41)19-16-31(29-7-3-4-8-30(29)36)37(33,24-44)35(46)43-22-25-17-20-42-21-18-25/h2-15,17-18,20-21,31,33H,16,19,22-24H2,1H3,(H,43,46)/b15-10+/t31-,33-,36-,37-/m0/s1. The van der Waals surface area contributed by atoms with Crippen LogP contribution in [0.2, 0.25) is 0 Å². The van der Waals surface area contributed by atoms with Crippen LogP contribution in [-0.2, 0) is 27.7 Å². The lowest BCUT2D eigenvalue weighted by molar-refractivity contribution is -0.139. The van der Waals surface area contributed by atoms with Crippen molar-refractivity contribution < 1.29 is 27.5 Å². The Morgan fingerprint density at radius 1 is 1.00 bits per heavy atom. The molecule has 2 heterocycles. The van der Waals surface area contributed by atoms with Gasteiger partial charge in [-0.2, -0.15) is 13.2 Å². The number of nitrogens with zero attached hydrogens (tertiary/aromatic N) is 2. The summed E-state index contributed by atoms with van der Waals surface area (Å²) in [5, 5.41) is 3.19. The van der Waals surface area contributed by atoms with Crippen LogP contribution in [0.5, 0.6) is 5.75 Å². The second-order valence-electron chi connectivity index (χ2n) is 12.7. The van der Waals surface area contributed by atoms with Crippen molar-refractivity contribution in [1.82, 2.24) is 15.2 Å². The minimum Gasteiger partial charge on any atom is -0.496 e. The summed E-state index contributed by atoms with van der Waals surface area (Å²) in [6, 6.07) is 24.5. The summed E-state index contributed by atoms with van der Waals surface area (Å²) < 4.78 is 46.4. The van der Waals surface area contributed by atoms with Crippen molar-refractivity contribution in [3.05, 3.63) is 137 Å². The molecule has 1 saturated heterocycles. The number of aromatic nitrogens is 1. The molecule has 0 unspecified atom stereocenters. The first-order valence-corrected chi connectivity index (χ1v) is 15.7. The summed E-state index contributed by atoms with van der Waals surface area (Å²) in [6.45, 7) is 0.763. The Hall–Kier alpha value is -4.92. The highest BCUT2D eigenvalue weighted by atomic mass is 19.4. The fourth-order valence-corrected chi connectivity index (χ4v) is 8.52. The van der Waals surface area contributed by atoms with Crippen LogP contribution in [0.1, 0.15) is 52.1 Å². The highest BCUT2D eigenvalue weighted by Crippen LogP contribution is 2.69. The van der Waals surface area contributed by atoms with Gasteiger partial charge in [0.2, 0.25) is 11.8 Å². The number of halogens is 3. The van der Waals surface area contributed by atoms with Crippen LogP contribution in [-0.4, -0.2) is 41.9 Å². The molecule has 0 spiro atoms. The number of rotatable bonds is 7. The van der Waals surface area contributed by atoms with Crippen molar-refractivity contribution in [3.63, 3.8) is 0 Å². The van der Waals surface area contributed by atoms with Gasteiger partial charge in [-0.05, 0) is 71.5 Å². The van der Waals surface area contributed by atoms with Crippen molar-refractivity contribution in [2.45, 2.75) is 36.9 Å². The van der Waals surface area contributed by atoms with E-state index in [1.54, 1.807) is 42.6 Å². The number of carbonyl (C=O) groups excluding carboxylic acids is 2. The molecule has 240 valence electrons. The molecule has 2 amide bonds. The third kappa shape index (κ3) is 4.99. The molecule has 4 aromatic rings. The third-order valence-corrected chi connectivity index (χ3v) is 10.5. The molecule has 2 fully saturated rings. The Morgan fingerprint density at radius 2 is 1.72 bits per heavy atom. The Morgan fingerprint density at radius 3 is 2.47 bits per heavy atom. The molecule has 3 aromatic carbocycles. The molecule has 1 saturated carbocycles. The van der Waals surface area contributed by atoms with Gasteiger partial charge in [0.25, 0.3) is 0 Å². The van der Waals surface area contributed by atoms with Gasteiger partial charge in [-0.25, -0.2) is 0 Å². The monoisotopic (exact) mass is 637 g/mol. The number of para-hydroxylation sites is 1. The average Bonchev–Trinajstić information content (AvgIpc) is 3.54. The zero-order valence-corrected chi connectivity index (χ0v) is 25.8. The average molecular weight is 638 g/mol. The lowest BCUT2D eigenvalue weighted by Crippen LogP contribution is -2.62. The summed E-state index contributed by atoms with van der Waals surface area (Å²) in [7, 11) is 1.57. The first kappa shape index (κ1) is 30.7. The van der Waals surface area contributed by atoms with E-state index < -0.39 is 22.6 Å². The first-order chi connectivity index (χ1) is 22.7. The largest absolute Gasteiger partial charge is 0.496 e. The van der Waals surface area contributed by atoms with Crippen molar-refractivity contribution in [1.29, 1.82) is 0 Å². The van der Waals surface area contributed by atoms with Crippen LogP contribution in [0.25, 0.3) is 6.08 Å². The molecular formula is C38H34F3N3O3. The Labute approximate surface area is 271 Å². The van der Waals surface area contributed by atoms with Crippen LogP contribution in [0, 0.1) is 11.3 Å². The van der Waals surface area contributed by atoms with Gasteiger partial charge in [0, 0.05) is 60.9 Å². The van der Waals surface area contributed by atoms with E-state index in [-0.39, 0.29) is 36.7 Å². The molecule has 1 N–H and O–H groups in total. The fraction of sp³-hybridized carbons (Fsp3) is 0.289. The Kier molecular flexibility index (Phi) is 7.65. The predicted octanol–water partition coefficient (Wildman–Crippen LogP) is 6.76. The maximum Gasteiger partial charge on any atom is 0.416 e. The molecule has 47 heavy (non-hydrogen) atoms. The zero-order chi connectivity index (χ0) is 32.8. The second-order valence-corrected chi connectivity index (χ2v) is 12.7. The van der Waals surface area contributed by atoms with Crippen molar-refractivity contribution in [2.24, 2.45) is 11.3 Å². The number of likely N-dealkylation sites (tertiary alicyclic amines) is 1. The summed E-state index contributed by atoms with van der Waals surface area (Å²) in [5.74, 6) is -0.306. The molecule has 1 aliphatic heterocycles. The molecule has 4 aliphatic rings. The maximum atomic E-state index is 14.7. The highest BCUT2D eigenvalue weighted by Gasteiger charge is 2.70. The highest BCUT2D eigenvalue weighted by molar-refractivity contribution is 5.94. The number of alkyl halides is 3. The summed E-state index contributed by atoms with van der Waals surface area (Å²) in [4.78, 5) is 34.5. The predicted molar refractivity (Wildman–Crippen MR) is 171 cm³/mol. The van der Waals surface area contributed by atoms with Crippen molar-refractivity contribution in [2.75, 3.05) is 20.2 Å². The van der Waals surface area contributed by atoms with E-state index in [0.717, 1.165) is 39.9 Å². The number of nitrogens with one attached hydrogen (secondary N) is 1. The quantitative estimate of drug-likeness (QED) is 0.228. The maximum absolute atomic E-state index is 14.7. The topological polar surface area (TPSA) is 71.5 Å². The summed E-state index contributed by atoms with van der Waals surface area (Å²) in [5.41, 5.74) is 1.92. The minimum atomic E-state index is -4.47. The van der Waals surface area contributed by atoms with Crippen LogP contribution in [0.15, 0.2) is 103 Å². The van der Waals surface area contributed by atoms with Crippen LogP contribution in [0.4, 0.5) is 13.2 Å². The van der Waals surface area contributed by atoms with Crippen LogP contribution < -0.4 is 10.1 Å². The van der Waals surface area contributed by atoms with Gasteiger partial charge in [-0.15, -0.1) is 0 Å². The number of amides is 2. The Balaban J connectivity index is 1.33. The molecule has 0 radical (unpaired) electrons. The molecule has 3 aliphatic carbocycles. The number of ether oxygens (including phenoxy) is 1. The third-order valence-electron chi connectivity index (χ3n) is 10.5. The van der Waals surface area contributed by atoms with Gasteiger partial charge < -0.3 is 15.0 Å². The van der Waals surface area contributed by atoms with Gasteiger partial charge in [0.05, 0.1) is 18.1 Å². The van der Waals surface area contributed by atoms with E-state index in [0.29, 0.717) is 25.1 Å². The molecular weight excluding hydrogens is 603 g/mol. The SMILES string of the molecule is COc1ccccc1/C=C/C(=O)N1C[C@H]2[C@]3(c4ccc(C(F)(F)F)cc4)CC[C@@H](c4ccccc43)[C@@]2(C(=O)NCc2ccncc2)C1. The van der Waals surface area contributed by atoms with E-state index in [4.69, 9.17) is 4.74 Å². The number of benzene rings is 3. The van der Waals surface area contributed by atoms with E-state index in [9.17, 15) is 22.8 Å². The van der Waals surface area contributed by atoms with Gasteiger partial charge in [0.15, 0.2) is 0 Å². The molecule has 9 heteroatoms. The van der Waals surface area contributed by atoms with Gasteiger partial charge >= 0.3 is 6.18 Å². The van der Waals surface area contributed by atoms with Crippen LogP contribution >= 0.6 is 0 Å². The van der Waals surface area contributed by atoms with Gasteiger partial charge in [-0.1, -0.05) is 54.6 Å². The normalized spacial score (nSPS) is 24.6. The number of fused-ring (bicyclic) bond motifs is 1. The number of hydrogen-bond donors (Lipinski definition) is 1.